The third kappa shape index (κ3) is 3.24. The van der Waals surface area contributed by atoms with Gasteiger partial charge in [-0.1, -0.05) is 0 Å². The number of carbonyl (C=O) groups is 2. The second-order valence-corrected chi connectivity index (χ2v) is 3.37. The van der Waals surface area contributed by atoms with Gasteiger partial charge in [-0.3, -0.25) is 4.79 Å². The number of aromatic carboxylic acids is 1. The van der Waals surface area contributed by atoms with Crippen LogP contribution in [0.25, 0.3) is 0 Å². The number of carbonyl (C=O) groups excluding carboxylic acids is 1. The van der Waals surface area contributed by atoms with Crippen LogP contribution in [0.5, 0.6) is 0 Å². The van der Waals surface area contributed by atoms with E-state index in [1.165, 1.54) is 24.3 Å². The van der Waals surface area contributed by atoms with Gasteiger partial charge in [0.25, 0.3) is 5.91 Å². The molecule has 1 aromatic rings. The number of anilines is 1. The normalized spacial score (nSPS) is 10.4. The average molecular weight is 259 g/mol. The van der Waals surface area contributed by atoms with Crippen molar-refractivity contribution in [2.75, 3.05) is 18.1 Å². The number of halogens is 2. The van der Waals surface area contributed by atoms with E-state index in [2.05, 4.69) is 0 Å². The van der Waals surface area contributed by atoms with Crippen LogP contribution in [-0.4, -0.2) is 41.7 Å². The standard InChI is InChI=1S/C11H11F2NO4/c12-9(13)10(16)14(5-6-15)8-3-1-7(2-4-8)11(17)18/h1-4,9,15H,5-6H2,(H,17,18). The van der Waals surface area contributed by atoms with Crippen molar-refractivity contribution in [1.82, 2.24) is 0 Å². The Morgan fingerprint density at radius 1 is 1.22 bits per heavy atom. The van der Waals surface area contributed by atoms with Crippen LogP contribution in [0.1, 0.15) is 10.4 Å². The zero-order chi connectivity index (χ0) is 13.7. The molecule has 0 aliphatic carbocycles. The highest BCUT2D eigenvalue weighted by Crippen LogP contribution is 2.17. The number of carboxylic acids is 1. The molecule has 0 fully saturated rings. The lowest BCUT2D eigenvalue weighted by Crippen LogP contribution is -2.37. The van der Waals surface area contributed by atoms with Crippen molar-refractivity contribution in [3.63, 3.8) is 0 Å². The number of aliphatic hydroxyl groups excluding tert-OH is 1. The fourth-order valence-electron chi connectivity index (χ4n) is 1.37. The predicted octanol–water partition coefficient (Wildman–Crippen LogP) is 0.975. The summed E-state index contributed by atoms with van der Waals surface area (Å²) in [7, 11) is 0. The van der Waals surface area contributed by atoms with Crippen molar-refractivity contribution in [3.05, 3.63) is 29.8 Å². The molecule has 0 heterocycles. The molecule has 1 rings (SSSR count). The van der Waals surface area contributed by atoms with E-state index in [9.17, 15) is 18.4 Å². The molecule has 1 amide bonds. The summed E-state index contributed by atoms with van der Waals surface area (Å²) in [5, 5.41) is 17.4. The van der Waals surface area contributed by atoms with Gasteiger partial charge in [-0.15, -0.1) is 0 Å². The third-order valence-electron chi connectivity index (χ3n) is 2.20. The molecule has 0 saturated heterocycles. The molecule has 0 aliphatic rings. The molecule has 7 heteroatoms. The van der Waals surface area contributed by atoms with Gasteiger partial charge in [-0.2, -0.15) is 8.78 Å². The first-order valence-corrected chi connectivity index (χ1v) is 5.01. The number of nitrogens with zero attached hydrogens (tertiary/aromatic N) is 1. The number of hydrogen-bond donors (Lipinski definition) is 2. The van der Waals surface area contributed by atoms with Crippen molar-refractivity contribution >= 4 is 17.6 Å². The molecule has 18 heavy (non-hydrogen) atoms. The number of aliphatic hydroxyl groups is 1. The fourth-order valence-corrected chi connectivity index (χ4v) is 1.37. The van der Waals surface area contributed by atoms with E-state index in [1.807, 2.05) is 0 Å². The van der Waals surface area contributed by atoms with Crippen LogP contribution in [0.15, 0.2) is 24.3 Å². The van der Waals surface area contributed by atoms with Crippen molar-refractivity contribution < 1.29 is 28.6 Å². The van der Waals surface area contributed by atoms with E-state index in [-0.39, 0.29) is 17.8 Å². The maximum atomic E-state index is 12.3. The average Bonchev–Trinajstić information content (AvgIpc) is 2.35. The summed E-state index contributed by atoms with van der Waals surface area (Å²) in [5.41, 5.74) is 0.0894. The Bertz CT molecular complexity index is 433. The van der Waals surface area contributed by atoms with Gasteiger partial charge < -0.3 is 15.1 Å². The van der Waals surface area contributed by atoms with Crippen molar-refractivity contribution in [2.45, 2.75) is 6.43 Å². The molecule has 2 N–H and O–H groups in total. The van der Waals surface area contributed by atoms with Crippen LogP contribution < -0.4 is 4.90 Å². The minimum atomic E-state index is -3.18. The van der Waals surface area contributed by atoms with Crippen molar-refractivity contribution in [2.24, 2.45) is 0 Å². The zero-order valence-electron chi connectivity index (χ0n) is 9.22. The van der Waals surface area contributed by atoms with Gasteiger partial charge in [-0.05, 0) is 24.3 Å². The summed E-state index contributed by atoms with van der Waals surface area (Å²) < 4.78 is 24.7. The summed E-state index contributed by atoms with van der Waals surface area (Å²) in [6, 6.07) is 4.86. The Hall–Kier alpha value is -2.02. The maximum Gasteiger partial charge on any atom is 0.335 e. The Balaban J connectivity index is 2.99. The van der Waals surface area contributed by atoms with Gasteiger partial charge in [0.1, 0.15) is 0 Å². The first-order valence-electron chi connectivity index (χ1n) is 5.01. The molecule has 0 radical (unpaired) electrons. The minimum Gasteiger partial charge on any atom is -0.478 e. The van der Waals surface area contributed by atoms with E-state index in [1.54, 1.807) is 0 Å². The second kappa shape index (κ2) is 6.06. The monoisotopic (exact) mass is 259 g/mol. The van der Waals surface area contributed by atoms with Crippen LogP contribution in [0.2, 0.25) is 0 Å². The lowest BCUT2D eigenvalue weighted by molar-refractivity contribution is -0.129. The van der Waals surface area contributed by atoms with E-state index in [0.717, 1.165) is 0 Å². The van der Waals surface area contributed by atoms with Gasteiger partial charge in [0.15, 0.2) is 0 Å². The summed E-state index contributed by atoms with van der Waals surface area (Å²) in [5.74, 6) is -2.59. The maximum absolute atomic E-state index is 12.3. The number of carboxylic acid groups (broad SMARTS) is 1. The molecule has 0 atom stereocenters. The molecular weight excluding hydrogens is 248 g/mol. The molecule has 0 unspecified atom stereocenters. The Labute approximate surface area is 101 Å². The van der Waals surface area contributed by atoms with Crippen LogP contribution >= 0.6 is 0 Å². The van der Waals surface area contributed by atoms with E-state index < -0.39 is 24.9 Å². The number of benzene rings is 1. The Kier molecular flexibility index (Phi) is 4.73. The molecule has 0 saturated carbocycles. The molecular formula is C11H11F2NO4. The van der Waals surface area contributed by atoms with E-state index >= 15 is 0 Å². The lowest BCUT2D eigenvalue weighted by atomic mass is 10.2. The van der Waals surface area contributed by atoms with Crippen molar-refractivity contribution in [3.8, 4) is 0 Å². The molecule has 1 aromatic carbocycles. The topological polar surface area (TPSA) is 77.8 Å². The van der Waals surface area contributed by atoms with E-state index in [4.69, 9.17) is 10.2 Å². The molecule has 0 bridgehead atoms. The quantitative estimate of drug-likeness (QED) is 0.826. The van der Waals surface area contributed by atoms with Crippen LogP contribution in [0, 0.1) is 0 Å². The smallest absolute Gasteiger partial charge is 0.335 e. The predicted molar refractivity (Wildman–Crippen MR) is 58.8 cm³/mol. The first-order chi connectivity index (χ1) is 8.47. The zero-order valence-corrected chi connectivity index (χ0v) is 9.22. The number of amides is 1. The Morgan fingerprint density at radius 2 is 1.78 bits per heavy atom. The van der Waals surface area contributed by atoms with Gasteiger partial charge in [0.05, 0.1) is 12.2 Å². The number of rotatable bonds is 5. The molecule has 0 spiro atoms. The van der Waals surface area contributed by atoms with Crippen LogP contribution in [0.3, 0.4) is 0 Å². The summed E-state index contributed by atoms with van der Waals surface area (Å²) in [6.45, 7) is -0.755. The summed E-state index contributed by atoms with van der Waals surface area (Å²) in [6.07, 6.45) is -3.18. The Morgan fingerprint density at radius 3 is 2.17 bits per heavy atom. The van der Waals surface area contributed by atoms with Gasteiger partial charge in [-0.25, -0.2) is 4.79 Å². The fraction of sp³-hybridized carbons (Fsp3) is 0.273. The van der Waals surface area contributed by atoms with Crippen molar-refractivity contribution in [1.29, 1.82) is 0 Å². The second-order valence-electron chi connectivity index (χ2n) is 3.37. The number of hydrogen-bond acceptors (Lipinski definition) is 3. The lowest BCUT2D eigenvalue weighted by Gasteiger charge is -2.21. The third-order valence-corrected chi connectivity index (χ3v) is 2.20. The minimum absolute atomic E-state index is 0.0211. The van der Waals surface area contributed by atoms with Gasteiger partial charge >= 0.3 is 12.4 Å². The SMILES string of the molecule is O=C(O)c1ccc(N(CCO)C(=O)C(F)F)cc1. The molecule has 98 valence electrons. The van der Waals surface area contributed by atoms with Gasteiger partial charge in [0.2, 0.25) is 0 Å². The van der Waals surface area contributed by atoms with E-state index in [0.29, 0.717) is 4.90 Å². The summed E-state index contributed by atoms with van der Waals surface area (Å²) >= 11 is 0. The molecule has 0 aliphatic heterocycles. The highest BCUT2D eigenvalue weighted by molar-refractivity contribution is 5.96. The largest absolute Gasteiger partial charge is 0.478 e. The highest BCUT2D eigenvalue weighted by Gasteiger charge is 2.24. The van der Waals surface area contributed by atoms with Gasteiger partial charge in [0, 0.05) is 12.2 Å². The summed E-state index contributed by atoms with van der Waals surface area (Å²) in [4.78, 5) is 22.5. The molecule has 0 aromatic heterocycles. The van der Waals surface area contributed by atoms with Crippen LogP contribution in [0.4, 0.5) is 14.5 Å². The van der Waals surface area contributed by atoms with Crippen LogP contribution in [-0.2, 0) is 4.79 Å². The molecule has 5 nitrogen and oxygen atoms in total. The first kappa shape index (κ1) is 14.0. The number of alkyl halides is 2. The highest BCUT2D eigenvalue weighted by atomic mass is 19.3.